The second kappa shape index (κ2) is 6.18. The van der Waals surface area contributed by atoms with E-state index in [1.165, 1.54) is 0 Å². The summed E-state index contributed by atoms with van der Waals surface area (Å²) < 4.78 is 0. The van der Waals surface area contributed by atoms with E-state index in [9.17, 15) is 14.7 Å². The number of piperidine rings is 1. The molecule has 1 fully saturated rings. The normalized spacial score (nSPS) is 24.8. The Kier molecular flexibility index (Phi) is 5.14. The summed E-state index contributed by atoms with van der Waals surface area (Å²) >= 11 is 0. The van der Waals surface area contributed by atoms with E-state index < -0.39 is 11.4 Å². The van der Waals surface area contributed by atoms with Crippen LogP contribution in [0.1, 0.15) is 32.6 Å². The van der Waals surface area contributed by atoms with Crippen LogP contribution in [0.3, 0.4) is 0 Å². The Morgan fingerprint density at radius 1 is 1.39 bits per heavy atom. The molecule has 0 bridgehead atoms. The molecule has 1 N–H and O–H groups in total. The molecule has 1 saturated heterocycles. The molecule has 5 nitrogen and oxygen atoms in total. The average molecular weight is 256 g/mol. The van der Waals surface area contributed by atoms with Crippen LogP contribution in [0.5, 0.6) is 0 Å². The van der Waals surface area contributed by atoms with Crippen LogP contribution in [-0.4, -0.2) is 60.5 Å². The number of carboxylic acids is 1. The summed E-state index contributed by atoms with van der Waals surface area (Å²) in [7, 11) is 3.45. The van der Waals surface area contributed by atoms with Crippen molar-refractivity contribution in [1.29, 1.82) is 0 Å². The van der Waals surface area contributed by atoms with Crippen molar-refractivity contribution >= 4 is 11.9 Å². The van der Waals surface area contributed by atoms with Gasteiger partial charge in [-0.2, -0.15) is 0 Å². The van der Waals surface area contributed by atoms with Crippen molar-refractivity contribution in [1.82, 2.24) is 9.80 Å². The summed E-state index contributed by atoms with van der Waals surface area (Å²) in [6, 6.07) is 0. The zero-order valence-corrected chi connectivity index (χ0v) is 11.6. The zero-order valence-electron chi connectivity index (χ0n) is 11.6. The topological polar surface area (TPSA) is 60.9 Å². The van der Waals surface area contributed by atoms with Crippen molar-refractivity contribution in [3.8, 4) is 0 Å². The highest BCUT2D eigenvalue weighted by Gasteiger charge is 2.41. The lowest BCUT2D eigenvalue weighted by Gasteiger charge is -2.39. The van der Waals surface area contributed by atoms with Gasteiger partial charge in [-0.05, 0) is 25.8 Å². The molecule has 0 aliphatic carbocycles. The fourth-order valence-corrected chi connectivity index (χ4v) is 2.66. The molecule has 0 aromatic carbocycles. The van der Waals surface area contributed by atoms with Crippen molar-refractivity contribution in [3.63, 3.8) is 0 Å². The first kappa shape index (κ1) is 15.0. The largest absolute Gasteiger partial charge is 0.481 e. The summed E-state index contributed by atoms with van der Waals surface area (Å²) in [5.41, 5.74) is -0.653. The van der Waals surface area contributed by atoms with E-state index >= 15 is 0 Å². The molecule has 18 heavy (non-hydrogen) atoms. The number of rotatable bonds is 5. The van der Waals surface area contributed by atoms with E-state index in [0.717, 1.165) is 25.8 Å². The number of likely N-dealkylation sites (tertiary alicyclic amines) is 1. The van der Waals surface area contributed by atoms with Gasteiger partial charge in [0.2, 0.25) is 5.91 Å². The number of carboxylic acid groups (broad SMARTS) is 1. The van der Waals surface area contributed by atoms with E-state index in [-0.39, 0.29) is 5.91 Å². The molecule has 1 heterocycles. The predicted molar refractivity (Wildman–Crippen MR) is 69.3 cm³/mol. The first-order valence-electron chi connectivity index (χ1n) is 6.57. The Bertz CT molecular complexity index is 313. The molecule has 0 aromatic rings. The Morgan fingerprint density at radius 2 is 2.06 bits per heavy atom. The van der Waals surface area contributed by atoms with Crippen LogP contribution in [0.15, 0.2) is 0 Å². The number of aliphatic carboxylic acids is 1. The molecule has 1 aliphatic rings. The molecule has 1 amide bonds. The molecule has 5 heteroatoms. The summed E-state index contributed by atoms with van der Waals surface area (Å²) in [5, 5.41) is 9.46. The first-order valence-corrected chi connectivity index (χ1v) is 6.57. The van der Waals surface area contributed by atoms with Gasteiger partial charge in [0.15, 0.2) is 0 Å². The maximum atomic E-state index is 11.7. The van der Waals surface area contributed by atoms with Crippen LogP contribution in [-0.2, 0) is 9.59 Å². The van der Waals surface area contributed by atoms with Gasteiger partial charge < -0.3 is 10.0 Å². The summed E-state index contributed by atoms with van der Waals surface area (Å²) in [6.45, 7) is 3.65. The number of hydrogen-bond donors (Lipinski definition) is 1. The van der Waals surface area contributed by atoms with Crippen molar-refractivity contribution < 1.29 is 14.7 Å². The number of carbonyl (C=O) groups is 2. The standard InChI is InChI=1S/C13H24N2O3/c1-4-6-13(12(17)18)7-5-8-15(10-13)9-11(16)14(2)3/h4-10H2,1-3H3,(H,17,18). The van der Waals surface area contributed by atoms with Crippen molar-refractivity contribution in [2.24, 2.45) is 5.41 Å². The minimum Gasteiger partial charge on any atom is -0.481 e. The lowest BCUT2D eigenvalue weighted by atomic mass is 9.76. The van der Waals surface area contributed by atoms with Gasteiger partial charge in [0, 0.05) is 20.6 Å². The number of nitrogens with zero attached hydrogens (tertiary/aromatic N) is 2. The Hall–Kier alpha value is -1.10. The molecule has 1 unspecified atom stereocenters. The first-order chi connectivity index (χ1) is 8.41. The molecule has 104 valence electrons. The molecular weight excluding hydrogens is 232 g/mol. The maximum Gasteiger partial charge on any atom is 0.310 e. The van der Waals surface area contributed by atoms with Crippen LogP contribution in [0.4, 0.5) is 0 Å². The van der Waals surface area contributed by atoms with Crippen molar-refractivity contribution in [3.05, 3.63) is 0 Å². The van der Waals surface area contributed by atoms with Crippen molar-refractivity contribution in [2.75, 3.05) is 33.7 Å². The average Bonchev–Trinajstić information content (AvgIpc) is 2.29. The molecule has 0 saturated carbocycles. The number of hydrogen-bond acceptors (Lipinski definition) is 3. The monoisotopic (exact) mass is 256 g/mol. The van der Waals surface area contributed by atoms with E-state index in [4.69, 9.17) is 0 Å². The highest BCUT2D eigenvalue weighted by Crippen LogP contribution is 2.34. The van der Waals surface area contributed by atoms with Crippen LogP contribution >= 0.6 is 0 Å². The van der Waals surface area contributed by atoms with Crippen LogP contribution in [0, 0.1) is 5.41 Å². The van der Waals surface area contributed by atoms with Gasteiger partial charge in [0.25, 0.3) is 0 Å². The summed E-state index contributed by atoms with van der Waals surface area (Å²) in [6.07, 6.45) is 3.13. The molecule has 1 rings (SSSR count). The number of amides is 1. The van der Waals surface area contributed by atoms with E-state index in [1.807, 2.05) is 11.8 Å². The molecule has 1 aliphatic heterocycles. The molecule has 0 spiro atoms. The van der Waals surface area contributed by atoms with Gasteiger partial charge >= 0.3 is 5.97 Å². The predicted octanol–water partition coefficient (Wildman–Crippen LogP) is 1.04. The minimum absolute atomic E-state index is 0.0349. The molecule has 1 atom stereocenters. The third-order valence-corrected chi connectivity index (χ3v) is 3.70. The Labute approximate surface area is 109 Å². The fraction of sp³-hybridized carbons (Fsp3) is 0.846. The van der Waals surface area contributed by atoms with E-state index in [1.54, 1.807) is 19.0 Å². The van der Waals surface area contributed by atoms with E-state index in [2.05, 4.69) is 0 Å². The highest BCUT2D eigenvalue weighted by molar-refractivity contribution is 5.78. The van der Waals surface area contributed by atoms with Gasteiger partial charge in [0.05, 0.1) is 12.0 Å². The van der Waals surface area contributed by atoms with Gasteiger partial charge in [-0.1, -0.05) is 13.3 Å². The van der Waals surface area contributed by atoms with Crippen LogP contribution in [0.25, 0.3) is 0 Å². The third kappa shape index (κ3) is 3.45. The molecule has 0 radical (unpaired) electrons. The fourth-order valence-electron chi connectivity index (χ4n) is 2.66. The summed E-state index contributed by atoms with van der Waals surface area (Å²) in [5.74, 6) is -0.681. The third-order valence-electron chi connectivity index (χ3n) is 3.70. The van der Waals surface area contributed by atoms with Gasteiger partial charge in [0.1, 0.15) is 0 Å². The summed E-state index contributed by atoms with van der Waals surface area (Å²) in [4.78, 5) is 26.7. The second-order valence-corrected chi connectivity index (χ2v) is 5.44. The highest BCUT2D eigenvalue weighted by atomic mass is 16.4. The maximum absolute atomic E-state index is 11.7. The molecular formula is C13H24N2O3. The quantitative estimate of drug-likeness (QED) is 0.798. The Balaban J connectivity index is 2.69. The molecule has 0 aromatic heterocycles. The minimum atomic E-state index is -0.716. The second-order valence-electron chi connectivity index (χ2n) is 5.44. The zero-order chi connectivity index (χ0) is 13.8. The van der Waals surface area contributed by atoms with Gasteiger partial charge in [-0.25, -0.2) is 0 Å². The van der Waals surface area contributed by atoms with Crippen molar-refractivity contribution in [2.45, 2.75) is 32.6 Å². The van der Waals surface area contributed by atoms with Gasteiger partial charge in [-0.3, -0.25) is 14.5 Å². The number of carbonyl (C=O) groups excluding carboxylic acids is 1. The Morgan fingerprint density at radius 3 is 2.56 bits per heavy atom. The van der Waals surface area contributed by atoms with Gasteiger partial charge in [-0.15, -0.1) is 0 Å². The lowest BCUT2D eigenvalue weighted by molar-refractivity contribution is -0.154. The SMILES string of the molecule is CCCC1(C(=O)O)CCCN(CC(=O)N(C)C)C1. The smallest absolute Gasteiger partial charge is 0.310 e. The number of likely N-dealkylation sites (N-methyl/N-ethyl adjacent to an activating group) is 1. The van der Waals surface area contributed by atoms with Crippen LogP contribution < -0.4 is 0 Å². The van der Waals surface area contributed by atoms with Crippen LogP contribution in [0.2, 0.25) is 0 Å². The lowest BCUT2D eigenvalue weighted by Crippen LogP contribution is -2.50. The van der Waals surface area contributed by atoms with E-state index in [0.29, 0.717) is 19.5 Å².